The zero-order chi connectivity index (χ0) is 20.1. The monoisotopic (exact) mass is 380 g/mol. The van der Waals surface area contributed by atoms with Gasteiger partial charge in [0.25, 0.3) is 5.91 Å². The lowest BCUT2D eigenvalue weighted by Gasteiger charge is -2.16. The van der Waals surface area contributed by atoms with Gasteiger partial charge in [0.05, 0.1) is 16.8 Å². The average Bonchev–Trinajstić information content (AvgIpc) is 3.15. The summed E-state index contributed by atoms with van der Waals surface area (Å²) in [4.78, 5) is 24.4. The summed E-state index contributed by atoms with van der Waals surface area (Å²) in [6.07, 6.45) is 3.55. The quantitative estimate of drug-likeness (QED) is 0.464. The molecule has 144 valence electrons. The molecule has 0 saturated heterocycles. The zero-order valence-corrected chi connectivity index (χ0v) is 15.6. The fourth-order valence-electron chi connectivity index (χ4n) is 2.66. The third kappa shape index (κ3) is 4.53. The van der Waals surface area contributed by atoms with Crippen LogP contribution in [0, 0.1) is 17.0 Å². The van der Waals surface area contributed by atoms with E-state index in [4.69, 9.17) is 4.74 Å². The molecule has 3 aromatic rings. The SMILES string of the molecule is Cc1ccc([N+](=O)[O-])c(OCC(=O)N(C)Cc2cnn(-c3ccccc3)c2)c1. The number of benzene rings is 2. The van der Waals surface area contributed by atoms with Crippen LogP contribution in [0.1, 0.15) is 11.1 Å². The Hall–Kier alpha value is -3.68. The van der Waals surface area contributed by atoms with Gasteiger partial charge in [0.2, 0.25) is 0 Å². The minimum atomic E-state index is -0.527. The van der Waals surface area contributed by atoms with Crippen LogP contribution >= 0.6 is 0 Å². The Morgan fingerprint density at radius 2 is 2.00 bits per heavy atom. The highest BCUT2D eigenvalue weighted by atomic mass is 16.6. The molecule has 0 aliphatic carbocycles. The molecule has 0 fully saturated rings. The number of nitro groups is 1. The van der Waals surface area contributed by atoms with Crippen molar-refractivity contribution < 1.29 is 14.5 Å². The third-order valence-corrected chi connectivity index (χ3v) is 4.17. The van der Waals surface area contributed by atoms with E-state index in [2.05, 4.69) is 5.10 Å². The first-order valence-electron chi connectivity index (χ1n) is 8.65. The van der Waals surface area contributed by atoms with Gasteiger partial charge in [-0.15, -0.1) is 0 Å². The van der Waals surface area contributed by atoms with E-state index in [-0.39, 0.29) is 24.0 Å². The lowest BCUT2D eigenvalue weighted by molar-refractivity contribution is -0.385. The lowest BCUT2D eigenvalue weighted by atomic mass is 10.2. The van der Waals surface area contributed by atoms with E-state index < -0.39 is 4.92 Å². The number of hydrogen-bond donors (Lipinski definition) is 0. The Kier molecular flexibility index (Phi) is 5.69. The van der Waals surface area contributed by atoms with Gasteiger partial charge >= 0.3 is 5.69 Å². The number of rotatable bonds is 7. The van der Waals surface area contributed by atoms with Crippen LogP contribution in [-0.2, 0) is 11.3 Å². The van der Waals surface area contributed by atoms with E-state index in [0.717, 1.165) is 16.8 Å². The highest BCUT2D eigenvalue weighted by Gasteiger charge is 2.18. The number of carbonyl (C=O) groups is 1. The molecule has 0 saturated carbocycles. The van der Waals surface area contributed by atoms with E-state index in [1.807, 2.05) is 36.5 Å². The molecular formula is C20H20N4O4. The van der Waals surface area contributed by atoms with E-state index in [0.29, 0.717) is 6.54 Å². The van der Waals surface area contributed by atoms with Crippen molar-refractivity contribution in [3.63, 3.8) is 0 Å². The molecular weight excluding hydrogens is 360 g/mol. The molecule has 1 amide bonds. The lowest BCUT2D eigenvalue weighted by Crippen LogP contribution is -2.30. The van der Waals surface area contributed by atoms with Crippen molar-refractivity contribution in [1.29, 1.82) is 0 Å². The highest BCUT2D eigenvalue weighted by Crippen LogP contribution is 2.27. The van der Waals surface area contributed by atoms with Gasteiger partial charge < -0.3 is 9.64 Å². The summed E-state index contributed by atoms with van der Waals surface area (Å²) < 4.78 is 7.16. The summed E-state index contributed by atoms with van der Waals surface area (Å²) in [7, 11) is 1.65. The maximum absolute atomic E-state index is 12.4. The number of nitro benzene ring substituents is 1. The van der Waals surface area contributed by atoms with Crippen molar-refractivity contribution in [2.24, 2.45) is 0 Å². The van der Waals surface area contributed by atoms with Crippen molar-refractivity contribution in [2.45, 2.75) is 13.5 Å². The first kappa shape index (κ1) is 19.1. The standard InChI is InChI=1S/C20H20N4O4/c1-15-8-9-18(24(26)27)19(10-15)28-14-20(25)22(2)12-16-11-21-23(13-16)17-6-4-3-5-7-17/h3-11,13H,12,14H2,1-2H3. The van der Waals surface area contributed by atoms with Gasteiger partial charge in [-0.05, 0) is 30.7 Å². The fourth-order valence-corrected chi connectivity index (χ4v) is 2.66. The second-order valence-corrected chi connectivity index (χ2v) is 6.40. The Bertz CT molecular complexity index is 985. The number of nitrogens with zero attached hydrogens (tertiary/aromatic N) is 4. The summed E-state index contributed by atoms with van der Waals surface area (Å²) in [6, 6.07) is 14.2. The molecule has 8 heteroatoms. The van der Waals surface area contributed by atoms with E-state index in [1.165, 1.54) is 11.0 Å². The van der Waals surface area contributed by atoms with Crippen LogP contribution in [0.3, 0.4) is 0 Å². The zero-order valence-electron chi connectivity index (χ0n) is 15.6. The van der Waals surface area contributed by atoms with E-state index >= 15 is 0 Å². The predicted molar refractivity (Wildman–Crippen MR) is 103 cm³/mol. The summed E-state index contributed by atoms with van der Waals surface area (Å²) >= 11 is 0. The van der Waals surface area contributed by atoms with Crippen LogP contribution in [0.2, 0.25) is 0 Å². The summed E-state index contributed by atoms with van der Waals surface area (Å²) in [6.45, 7) is 1.87. The minimum absolute atomic E-state index is 0.0867. The number of para-hydroxylation sites is 1. The van der Waals surface area contributed by atoms with Gasteiger partial charge in [0, 0.05) is 31.4 Å². The van der Waals surface area contributed by atoms with Gasteiger partial charge in [-0.1, -0.05) is 24.3 Å². The second-order valence-electron chi connectivity index (χ2n) is 6.40. The predicted octanol–water partition coefficient (Wildman–Crippen LogP) is 3.13. The van der Waals surface area contributed by atoms with Crippen molar-refractivity contribution >= 4 is 11.6 Å². The van der Waals surface area contributed by atoms with E-state index in [1.54, 1.807) is 37.0 Å². The molecule has 0 spiro atoms. The van der Waals surface area contributed by atoms with Crippen LogP contribution in [0.4, 0.5) is 5.69 Å². The van der Waals surface area contributed by atoms with Crippen LogP contribution in [0.5, 0.6) is 5.75 Å². The van der Waals surface area contributed by atoms with Gasteiger partial charge in [-0.3, -0.25) is 14.9 Å². The number of hydrogen-bond acceptors (Lipinski definition) is 5. The number of aryl methyl sites for hydroxylation is 1. The smallest absolute Gasteiger partial charge is 0.310 e. The van der Waals surface area contributed by atoms with Crippen LogP contribution in [0.15, 0.2) is 60.9 Å². The molecule has 3 rings (SSSR count). The summed E-state index contributed by atoms with van der Waals surface area (Å²) in [5.41, 5.74) is 2.44. The number of carbonyl (C=O) groups excluding carboxylic acids is 1. The molecule has 8 nitrogen and oxygen atoms in total. The van der Waals surface area contributed by atoms with Gasteiger partial charge in [-0.2, -0.15) is 5.10 Å². The number of amides is 1. The Labute approximate surface area is 162 Å². The topological polar surface area (TPSA) is 90.5 Å². The van der Waals surface area contributed by atoms with Crippen molar-refractivity contribution in [3.8, 4) is 11.4 Å². The molecule has 28 heavy (non-hydrogen) atoms. The first-order chi connectivity index (χ1) is 13.4. The maximum Gasteiger partial charge on any atom is 0.310 e. The van der Waals surface area contributed by atoms with Crippen LogP contribution in [-0.4, -0.2) is 39.2 Å². The molecule has 0 atom stereocenters. The Morgan fingerprint density at radius 1 is 1.25 bits per heavy atom. The van der Waals surface area contributed by atoms with Gasteiger partial charge in [-0.25, -0.2) is 4.68 Å². The van der Waals surface area contributed by atoms with Crippen LogP contribution in [0.25, 0.3) is 5.69 Å². The largest absolute Gasteiger partial charge is 0.477 e. The molecule has 0 aliphatic rings. The molecule has 2 aromatic carbocycles. The summed E-state index contributed by atoms with van der Waals surface area (Å²) in [5, 5.41) is 15.4. The molecule has 0 unspecified atom stereocenters. The van der Waals surface area contributed by atoms with Crippen molar-refractivity contribution in [2.75, 3.05) is 13.7 Å². The van der Waals surface area contributed by atoms with Gasteiger partial charge in [0.1, 0.15) is 0 Å². The fraction of sp³-hybridized carbons (Fsp3) is 0.200. The second kappa shape index (κ2) is 8.34. The van der Waals surface area contributed by atoms with Crippen molar-refractivity contribution in [3.05, 3.63) is 82.2 Å². The van der Waals surface area contributed by atoms with E-state index in [9.17, 15) is 14.9 Å². The molecule has 0 bridgehead atoms. The molecule has 1 heterocycles. The molecule has 0 N–H and O–H groups in total. The molecule has 0 aliphatic heterocycles. The third-order valence-electron chi connectivity index (χ3n) is 4.17. The number of aromatic nitrogens is 2. The Balaban J connectivity index is 1.61. The molecule has 1 aromatic heterocycles. The Morgan fingerprint density at radius 3 is 2.71 bits per heavy atom. The van der Waals surface area contributed by atoms with Crippen molar-refractivity contribution in [1.82, 2.24) is 14.7 Å². The number of ether oxygens (including phenoxy) is 1. The summed E-state index contributed by atoms with van der Waals surface area (Å²) in [5.74, 6) is -0.202. The minimum Gasteiger partial charge on any atom is -0.477 e. The highest BCUT2D eigenvalue weighted by molar-refractivity contribution is 5.77. The first-order valence-corrected chi connectivity index (χ1v) is 8.65. The average molecular weight is 380 g/mol. The number of likely N-dealkylation sites (N-methyl/N-ethyl adjacent to an activating group) is 1. The maximum atomic E-state index is 12.4. The normalized spacial score (nSPS) is 10.5. The van der Waals surface area contributed by atoms with Crippen LogP contribution < -0.4 is 4.74 Å². The molecule has 0 radical (unpaired) electrons. The van der Waals surface area contributed by atoms with Gasteiger partial charge in [0.15, 0.2) is 12.4 Å².